The van der Waals surface area contributed by atoms with Crippen molar-refractivity contribution in [3.63, 3.8) is 0 Å². The first-order valence-corrected chi connectivity index (χ1v) is 2.30. The summed E-state index contributed by atoms with van der Waals surface area (Å²) in [5.74, 6) is 0. The normalized spacial score (nSPS) is 5.25. The molecule has 0 amide bonds. The van der Waals surface area contributed by atoms with Gasteiger partial charge >= 0.3 is 17.4 Å². The minimum absolute atomic E-state index is 0. The van der Waals surface area contributed by atoms with Crippen LogP contribution < -0.4 is 12.3 Å². The zero-order valence-electron chi connectivity index (χ0n) is 4.61. The van der Waals surface area contributed by atoms with Crippen molar-refractivity contribution < 1.29 is 18.9 Å². The molecule has 0 rings (SSSR count). The Morgan fingerprint density at radius 2 is 0.875 bits per heavy atom. The van der Waals surface area contributed by atoms with E-state index in [1.165, 1.54) is 0 Å². The summed E-state index contributed by atoms with van der Waals surface area (Å²) < 4.78 is 16.9. The number of hydrogen-bond acceptors (Lipinski definition) is 2. The van der Waals surface area contributed by atoms with Gasteiger partial charge in [-0.15, -0.1) is 0 Å². The van der Waals surface area contributed by atoms with Crippen molar-refractivity contribution in [1.82, 2.24) is 12.3 Å². The van der Waals surface area contributed by atoms with Crippen molar-refractivity contribution >= 4 is 17.4 Å². The van der Waals surface area contributed by atoms with Gasteiger partial charge in [0, 0.05) is 0 Å². The Bertz CT molecular complexity index is 33.0. The smallest absolute Gasteiger partial charge is 0.324 e. The molecule has 0 unspecified atom stereocenters. The summed E-state index contributed by atoms with van der Waals surface area (Å²) in [4.78, 5) is 14.0. The zero-order valence-corrected chi connectivity index (χ0v) is 6.39. The molecule has 52 valence electrons. The molecule has 0 fully saturated rings. The van der Waals surface area contributed by atoms with Gasteiger partial charge in [-0.2, -0.15) is 0 Å². The molecule has 10 N–H and O–H groups in total. The highest BCUT2D eigenvalue weighted by Crippen LogP contribution is 1.66. The zero-order chi connectivity index (χ0) is 5.41. The summed E-state index contributed by atoms with van der Waals surface area (Å²) in [5, 5.41) is 0. The van der Waals surface area contributed by atoms with Gasteiger partial charge in [0.15, 0.2) is 0 Å². The lowest BCUT2D eigenvalue weighted by Crippen LogP contribution is -1.03. The second kappa shape index (κ2) is 61.7. The van der Waals surface area contributed by atoms with Crippen LogP contribution in [0.5, 0.6) is 0 Å². The summed E-state index contributed by atoms with van der Waals surface area (Å²) in [6, 6.07) is 0. The second-order valence-corrected chi connectivity index (χ2v) is 0.490. The van der Waals surface area contributed by atoms with Gasteiger partial charge in [0.25, 0.3) is 0 Å². The molecule has 8 heavy (non-hydrogen) atoms. The minimum atomic E-state index is -0.833. The van der Waals surface area contributed by atoms with Gasteiger partial charge in [-0.3, -0.25) is 0 Å². The molecule has 0 saturated heterocycles. The van der Waals surface area contributed by atoms with Crippen molar-refractivity contribution in [2.75, 3.05) is 0 Å². The molecule has 0 heterocycles. The van der Waals surface area contributed by atoms with Crippen LogP contribution in [0.4, 0.5) is 0 Å². The third-order valence-electron chi connectivity index (χ3n) is 0. The molecule has 0 aliphatic carbocycles. The standard InChI is InChI=1S/2H3N.2HO2P/c;;2*1-3-2/h2*1H3;2*(H,1,2)/p+2. The van der Waals surface area contributed by atoms with E-state index in [-0.39, 0.29) is 12.3 Å². The Morgan fingerprint density at radius 1 is 0.875 bits per heavy atom. The molecule has 0 aromatic heterocycles. The van der Waals surface area contributed by atoms with E-state index < -0.39 is 17.4 Å². The molecule has 6 nitrogen and oxygen atoms in total. The molecule has 0 aliphatic heterocycles. The van der Waals surface area contributed by atoms with Crippen LogP contribution in [-0.2, 0) is 9.13 Å². The van der Waals surface area contributed by atoms with Crippen molar-refractivity contribution in [2.45, 2.75) is 0 Å². The van der Waals surface area contributed by atoms with Crippen molar-refractivity contribution in [2.24, 2.45) is 0 Å². The van der Waals surface area contributed by atoms with E-state index in [1.807, 2.05) is 0 Å². The summed E-state index contributed by atoms with van der Waals surface area (Å²) in [6.45, 7) is 0. The number of rotatable bonds is 0. The third-order valence-corrected chi connectivity index (χ3v) is 0. The third kappa shape index (κ3) is 95900. The van der Waals surface area contributed by atoms with E-state index in [1.54, 1.807) is 0 Å². The first-order chi connectivity index (χ1) is 2.83. The van der Waals surface area contributed by atoms with Gasteiger partial charge in [0.1, 0.15) is 0 Å². The largest absolute Gasteiger partial charge is 0.369 e. The van der Waals surface area contributed by atoms with Crippen LogP contribution in [0.2, 0.25) is 0 Å². The molecule has 0 aliphatic rings. The van der Waals surface area contributed by atoms with E-state index in [0.29, 0.717) is 0 Å². The van der Waals surface area contributed by atoms with Crippen LogP contribution in [0.15, 0.2) is 0 Å². The number of hydrogen-bond donors (Lipinski definition) is 4. The monoisotopic (exact) mass is 164 g/mol. The maximum atomic E-state index is 8.46. The highest BCUT2D eigenvalue weighted by molar-refractivity contribution is 7.16. The van der Waals surface area contributed by atoms with Crippen LogP contribution in [-0.4, -0.2) is 9.79 Å². The van der Waals surface area contributed by atoms with Crippen molar-refractivity contribution in [1.29, 1.82) is 0 Å². The highest BCUT2D eigenvalue weighted by Gasteiger charge is 1.28. The van der Waals surface area contributed by atoms with Crippen LogP contribution in [0, 0.1) is 0 Å². The van der Waals surface area contributed by atoms with E-state index in [9.17, 15) is 0 Å². The summed E-state index contributed by atoms with van der Waals surface area (Å²) in [6.07, 6.45) is 0. The average molecular weight is 164 g/mol. The highest BCUT2D eigenvalue weighted by atomic mass is 31.1. The summed E-state index contributed by atoms with van der Waals surface area (Å²) in [7, 11) is -1.67. The van der Waals surface area contributed by atoms with Gasteiger partial charge in [-0.25, -0.2) is 9.13 Å². The molecule has 0 spiro atoms. The number of quaternary nitrogens is 2. The van der Waals surface area contributed by atoms with Crippen LogP contribution in [0.25, 0.3) is 0 Å². The lowest BCUT2D eigenvalue weighted by Gasteiger charge is -1.24. The van der Waals surface area contributed by atoms with E-state index in [2.05, 4.69) is 0 Å². The average Bonchev–Trinajstić information content (AvgIpc) is 1.39. The van der Waals surface area contributed by atoms with Gasteiger partial charge in [0.05, 0.1) is 0 Å². The van der Waals surface area contributed by atoms with Gasteiger partial charge < -0.3 is 22.1 Å². The first kappa shape index (κ1) is 24.4. The van der Waals surface area contributed by atoms with Crippen LogP contribution in [0.1, 0.15) is 0 Å². The molecule has 0 radical (unpaired) electrons. The van der Waals surface area contributed by atoms with Crippen molar-refractivity contribution in [3.8, 4) is 0 Å². The molecule has 8 heteroatoms. The fraction of sp³-hybridized carbons (Fsp3) is 0. The van der Waals surface area contributed by atoms with Gasteiger partial charge in [-0.1, -0.05) is 0 Å². The maximum absolute atomic E-state index is 8.46. The molecule has 0 bridgehead atoms. The summed E-state index contributed by atoms with van der Waals surface area (Å²) >= 11 is 0. The predicted molar refractivity (Wildman–Crippen MR) is 31.6 cm³/mol. The lowest BCUT2D eigenvalue weighted by molar-refractivity contribution is 0.523. The quantitative estimate of drug-likeness (QED) is 0.397. The summed E-state index contributed by atoms with van der Waals surface area (Å²) in [5.41, 5.74) is 0. The Labute approximate surface area is 49.7 Å². The van der Waals surface area contributed by atoms with E-state index in [0.717, 1.165) is 0 Å². The molecular formula is H10N2O4P2+2. The predicted octanol–water partition coefficient (Wildman–Crippen LogP) is 1.12. The molecule has 0 atom stereocenters. The second-order valence-electron chi connectivity index (χ2n) is 0.163. The molecule has 0 aromatic carbocycles. The minimum Gasteiger partial charge on any atom is -0.369 e. The fourth-order valence-corrected chi connectivity index (χ4v) is 0. The first-order valence-electron chi connectivity index (χ1n) is 0.765. The topological polar surface area (TPSA) is 148 Å². The van der Waals surface area contributed by atoms with Crippen molar-refractivity contribution in [3.05, 3.63) is 0 Å². The molecule has 0 saturated carbocycles. The Kier molecular flexibility index (Phi) is 188. The fourth-order valence-electron chi connectivity index (χ4n) is 0. The SMILES string of the molecule is O=PO.O=PO.[NH4+].[NH4+]. The Balaban J connectivity index is -0.0000000160. The Morgan fingerprint density at radius 3 is 0.875 bits per heavy atom. The van der Waals surface area contributed by atoms with E-state index >= 15 is 0 Å². The molecule has 0 aromatic rings. The van der Waals surface area contributed by atoms with E-state index in [4.69, 9.17) is 18.9 Å². The van der Waals surface area contributed by atoms with Crippen LogP contribution in [0.3, 0.4) is 0 Å². The Hall–Kier alpha value is 0.0400. The lowest BCUT2D eigenvalue weighted by atomic mass is 14.0. The maximum Gasteiger partial charge on any atom is 0.324 e. The van der Waals surface area contributed by atoms with Gasteiger partial charge in [-0.05, 0) is 0 Å². The van der Waals surface area contributed by atoms with Crippen LogP contribution >= 0.6 is 17.4 Å². The molecular weight excluding hydrogens is 154 g/mol. The van der Waals surface area contributed by atoms with Gasteiger partial charge in [0.2, 0.25) is 0 Å².